The minimum atomic E-state index is -0.333. The van der Waals surface area contributed by atoms with Crippen LogP contribution in [0.4, 0.5) is 0 Å². The molecular formula is C13H18BNO3. The first-order valence-corrected chi connectivity index (χ1v) is 6.28. The van der Waals surface area contributed by atoms with Crippen LogP contribution in [-0.2, 0) is 14.0 Å². The number of hydrogen-bond donors (Lipinski definition) is 1. The first kappa shape index (κ1) is 12.0. The van der Waals surface area contributed by atoms with Crippen molar-refractivity contribution in [3.63, 3.8) is 0 Å². The van der Waals surface area contributed by atoms with Crippen molar-refractivity contribution in [1.29, 1.82) is 0 Å². The third kappa shape index (κ3) is 1.58. The zero-order valence-electron chi connectivity index (χ0n) is 11.2. The molecule has 5 heteroatoms. The van der Waals surface area contributed by atoms with Crippen LogP contribution in [0.15, 0.2) is 34.5 Å². The van der Waals surface area contributed by atoms with Gasteiger partial charge in [0.25, 0.3) is 0 Å². The minimum absolute atomic E-state index is 0.105. The summed E-state index contributed by atoms with van der Waals surface area (Å²) < 4.78 is 17.5. The predicted molar refractivity (Wildman–Crippen MR) is 69.7 cm³/mol. The Balaban J connectivity index is 2.17. The second-order valence-corrected chi connectivity index (χ2v) is 5.37. The van der Waals surface area contributed by atoms with Crippen molar-refractivity contribution < 1.29 is 14.0 Å². The number of ether oxygens (including phenoxy) is 1. The molecule has 3 heterocycles. The van der Waals surface area contributed by atoms with Gasteiger partial charge in [-0.1, -0.05) is 0 Å². The first-order chi connectivity index (χ1) is 8.54. The zero-order valence-corrected chi connectivity index (χ0v) is 11.2. The van der Waals surface area contributed by atoms with Crippen molar-refractivity contribution in [3.8, 4) is 0 Å². The van der Waals surface area contributed by atoms with E-state index in [1.165, 1.54) is 16.7 Å². The van der Waals surface area contributed by atoms with E-state index in [1.807, 2.05) is 13.1 Å². The second-order valence-electron chi connectivity index (χ2n) is 5.37. The van der Waals surface area contributed by atoms with Crippen LogP contribution in [0, 0.1) is 0 Å². The molecule has 0 amide bonds. The number of hydrogen-bond acceptors (Lipinski definition) is 4. The fourth-order valence-corrected chi connectivity index (χ4v) is 2.83. The van der Waals surface area contributed by atoms with Crippen LogP contribution in [0.25, 0.3) is 0 Å². The number of likely N-dealkylation sites (N-methyl/N-ethyl adjacent to an activating group) is 1. The van der Waals surface area contributed by atoms with E-state index in [9.17, 15) is 0 Å². The van der Waals surface area contributed by atoms with E-state index in [0.717, 1.165) is 5.47 Å². The topological polar surface area (TPSA) is 39.7 Å². The average Bonchev–Trinajstić information content (AvgIpc) is 2.52. The van der Waals surface area contributed by atoms with Gasteiger partial charge in [0.15, 0.2) is 0 Å². The molecule has 0 fully saturated rings. The maximum Gasteiger partial charge on any atom is 0.496 e. The van der Waals surface area contributed by atoms with E-state index in [4.69, 9.17) is 14.0 Å². The summed E-state index contributed by atoms with van der Waals surface area (Å²) in [5.41, 5.74) is 4.35. The molecule has 0 aromatic heterocycles. The molecular weight excluding hydrogens is 229 g/mol. The largest absolute Gasteiger partial charge is 0.497 e. The molecule has 0 spiro atoms. The predicted octanol–water partition coefficient (Wildman–Crippen LogP) is 1.56. The molecule has 1 atom stereocenters. The van der Waals surface area contributed by atoms with E-state index < -0.39 is 0 Å². The van der Waals surface area contributed by atoms with Crippen molar-refractivity contribution in [2.24, 2.45) is 0 Å². The summed E-state index contributed by atoms with van der Waals surface area (Å²) in [5.74, 6) is 0. The van der Waals surface area contributed by atoms with E-state index >= 15 is 0 Å². The molecule has 0 aliphatic carbocycles. The van der Waals surface area contributed by atoms with Gasteiger partial charge in [0.05, 0.1) is 11.9 Å². The van der Waals surface area contributed by atoms with Gasteiger partial charge in [-0.05, 0) is 56.1 Å². The lowest BCUT2D eigenvalue weighted by atomic mass is 9.69. The van der Waals surface area contributed by atoms with Crippen LogP contribution >= 0.6 is 0 Å². The van der Waals surface area contributed by atoms with E-state index in [0.29, 0.717) is 6.61 Å². The average molecular weight is 247 g/mol. The summed E-state index contributed by atoms with van der Waals surface area (Å²) in [6, 6.07) is 0. The van der Waals surface area contributed by atoms with Crippen LogP contribution in [0.3, 0.4) is 0 Å². The van der Waals surface area contributed by atoms with Crippen LogP contribution in [-0.4, -0.2) is 32.6 Å². The summed E-state index contributed by atoms with van der Waals surface area (Å²) >= 11 is 0. The van der Waals surface area contributed by atoms with E-state index in [2.05, 4.69) is 26.1 Å². The van der Waals surface area contributed by atoms with Crippen molar-refractivity contribution in [3.05, 3.63) is 34.5 Å². The number of allylic oxidation sites excluding steroid dienone is 3. The maximum atomic E-state index is 6.02. The highest BCUT2D eigenvalue weighted by Crippen LogP contribution is 2.43. The Morgan fingerprint density at radius 2 is 2.22 bits per heavy atom. The van der Waals surface area contributed by atoms with Crippen LogP contribution < -0.4 is 5.32 Å². The Hall–Kier alpha value is -1.04. The van der Waals surface area contributed by atoms with Gasteiger partial charge in [-0.2, -0.15) is 0 Å². The lowest BCUT2D eigenvalue weighted by molar-refractivity contribution is 0.0816. The Labute approximate surface area is 108 Å². The molecule has 0 saturated heterocycles. The molecule has 0 bridgehead atoms. The Bertz CT molecular complexity index is 479. The highest BCUT2D eigenvalue weighted by molar-refractivity contribution is 6.57. The molecule has 96 valence electrons. The summed E-state index contributed by atoms with van der Waals surface area (Å²) in [6.07, 6.45) is 3.68. The zero-order chi connectivity index (χ0) is 12.9. The van der Waals surface area contributed by atoms with Gasteiger partial charge in [0.1, 0.15) is 12.8 Å². The van der Waals surface area contributed by atoms with E-state index in [1.54, 1.807) is 6.26 Å². The third-order valence-corrected chi connectivity index (χ3v) is 3.88. The summed E-state index contributed by atoms with van der Waals surface area (Å²) in [4.78, 5) is 0. The molecule has 3 aliphatic rings. The van der Waals surface area contributed by atoms with Gasteiger partial charge in [-0.3, -0.25) is 5.32 Å². The lowest BCUT2D eigenvalue weighted by Crippen LogP contribution is -2.42. The van der Waals surface area contributed by atoms with Gasteiger partial charge < -0.3 is 14.0 Å². The number of rotatable bonds is 1. The SMILES string of the molecule is CN[C@H]1OB2OC(C)(C)C3=C2C(=C1C)C=COC3. The molecule has 18 heavy (non-hydrogen) atoms. The molecule has 1 N–H and O–H groups in total. The molecule has 3 rings (SSSR count). The van der Waals surface area contributed by atoms with Crippen molar-refractivity contribution in [1.82, 2.24) is 5.32 Å². The molecule has 0 aromatic carbocycles. The monoisotopic (exact) mass is 247 g/mol. The maximum absolute atomic E-state index is 6.02. The van der Waals surface area contributed by atoms with Gasteiger partial charge in [0, 0.05) is 0 Å². The fraction of sp³-hybridized carbons (Fsp3) is 0.538. The van der Waals surface area contributed by atoms with Gasteiger partial charge in [-0.15, -0.1) is 0 Å². The van der Waals surface area contributed by atoms with Gasteiger partial charge in [-0.25, -0.2) is 0 Å². The van der Waals surface area contributed by atoms with E-state index in [-0.39, 0.29) is 18.9 Å². The molecule has 0 unspecified atom stereocenters. The fourth-order valence-electron chi connectivity index (χ4n) is 2.83. The molecule has 3 aliphatic heterocycles. The normalized spacial score (nSPS) is 29.3. The summed E-state index contributed by atoms with van der Waals surface area (Å²) in [5, 5.41) is 3.16. The van der Waals surface area contributed by atoms with Crippen LogP contribution in [0.1, 0.15) is 20.8 Å². The lowest BCUT2D eigenvalue weighted by Gasteiger charge is -2.29. The molecule has 4 nitrogen and oxygen atoms in total. The standard InChI is InChI=1S/C13H18BNO3/c1-8-9-5-6-16-7-10-11(9)14(17-12(8)15-4)18-13(10,2)3/h5-6,12,15H,7H2,1-4H3/t12-/m0/s1. The van der Waals surface area contributed by atoms with Gasteiger partial charge in [0.2, 0.25) is 0 Å². The summed E-state index contributed by atoms with van der Waals surface area (Å²) in [6.45, 7) is 6.78. The Kier molecular flexibility index (Phi) is 2.66. The second kappa shape index (κ2) is 3.98. The third-order valence-electron chi connectivity index (χ3n) is 3.88. The van der Waals surface area contributed by atoms with Gasteiger partial charge >= 0.3 is 7.12 Å². The molecule has 0 radical (unpaired) electrons. The van der Waals surface area contributed by atoms with Crippen molar-refractivity contribution in [2.75, 3.05) is 13.7 Å². The molecule has 0 aromatic rings. The Morgan fingerprint density at radius 3 is 2.94 bits per heavy atom. The smallest absolute Gasteiger partial charge is 0.496 e. The Morgan fingerprint density at radius 1 is 1.44 bits per heavy atom. The quantitative estimate of drug-likeness (QED) is 0.714. The van der Waals surface area contributed by atoms with Crippen LogP contribution in [0.2, 0.25) is 0 Å². The highest BCUT2D eigenvalue weighted by atomic mass is 16.6. The molecule has 0 saturated carbocycles. The van der Waals surface area contributed by atoms with Crippen LogP contribution in [0.5, 0.6) is 0 Å². The number of nitrogens with one attached hydrogen (secondary N) is 1. The van der Waals surface area contributed by atoms with Crippen molar-refractivity contribution >= 4 is 7.12 Å². The van der Waals surface area contributed by atoms with Crippen molar-refractivity contribution in [2.45, 2.75) is 32.6 Å². The summed E-state index contributed by atoms with van der Waals surface area (Å²) in [7, 11) is 1.60. The highest BCUT2D eigenvalue weighted by Gasteiger charge is 2.49. The first-order valence-electron chi connectivity index (χ1n) is 6.28. The minimum Gasteiger partial charge on any atom is -0.497 e.